The summed E-state index contributed by atoms with van der Waals surface area (Å²) in [5.74, 6) is -1.45. The van der Waals surface area contributed by atoms with Crippen LogP contribution < -0.4 is 10.6 Å². The van der Waals surface area contributed by atoms with Crippen molar-refractivity contribution in [2.75, 3.05) is 5.32 Å². The first-order valence-electron chi connectivity index (χ1n) is 8.92. The number of nitrogens with one attached hydrogen (secondary N) is 2. The number of ketones is 2. The van der Waals surface area contributed by atoms with Crippen LogP contribution >= 0.6 is 0 Å². The number of anilines is 1. The smallest absolute Gasteiger partial charge is 0.253 e. The lowest BCUT2D eigenvalue weighted by Gasteiger charge is -2.29. The van der Waals surface area contributed by atoms with E-state index in [0.717, 1.165) is 5.56 Å². The van der Waals surface area contributed by atoms with Crippen LogP contribution in [0.4, 0.5) is 5.69 Å². The maximum atomic E-state index is 13.3. The molecule has 0 spiro atoms. The first kappa shape index (κ1) is 17.7. The lowest BCUT2D eigenvalue weighted by atomic mass is 10.0. The molecule has 28 heavy (non-hydrogen) atoms. The second-order valence-electron chi connectivity index (χ2n) is 6.77. The monoisotopic (exact) mass is 370 g/mol. The molecule has 5 nitrogen and oxygen atoms in total. The second kappa shape index (κ2) is 6.78. The molecule has 0 bridgehead atoms. The molecule has 0 heterocycles. The zero-order chi connectivity index (χ0) is 19.7. The maximum absolute atomic E-state index is 13.3. The summed E-state index contributed by atoms with van der Waals surface area (Å²) in [6, 6.07) is 22.4. The number of carbonyl (C=O) groups is 3. The fraction of sp³-hybridized carbons (Fsp3) is 0.0870. The van der Waals surface area contributed by atoms with Crippen molar-refractivity contribution in [1.29, 1.82) is 0 Å². The summed E-state index contributed by atoms with van der Waals surface area (Å²) in [5, 5.41) is 5.66. The lowest BCUT2D eigenvalue weighted by molar-refractivity contribution is 0.0726. The molecule has 0 saturated carbocycles. The Labute approximate surface area is 162 Å². The number of benzene rings is 3. The molecule has 1 amide bonds. The Bertz CT molecular complexity index is 1040. The van der Waals surface area contributed by atoms with Gasteiger partial charge in [-0.15, -0.1) is 0 Å². The highest BCUT2D eigenvalue weighted by Crippen LogP contribution is 2.31. The summed E-state index contributed by atoms with van der Waals surface area (Å²) in [6.45, 7) is 1.92. The predicted molar refractivity (Wildman–Crippen MR) is 107 cm³/mol. The number of hydrogen-bond donors (Lipinski definition) is 2. The third-order valence-electron chi connectivity index (χ3n) is 4.82. The summed E-state index contributed by atoms with van der Waals surface area (Å²) < 4.78 is 0. The number of amides is 1. The Balaban J connectivity index is 1.77. The van der Waals surface area contributed by atoms with E-state index in [1.807, 2.05) is 13.0 Å². The van der Waals surface area contributed by atoms with E-state index in [2.05, 4.69) is 10.6 Å². The Morgan fingerprint density at radius 3 is 1.86 bits per heavy atom. The van der Waals surface area contributed by atoms with Crippen LogP contribution in [0.15, 0.2) is 78.9 Å². The molecular formula is C23H18N2O3. The fourth-order valence-electron chi connectivity index (χ4n) is 3.33. The van der Waals surface area contributed by atoms with E-state index in [9.17, 15) is 14.4 Å². The Hall–Kier alpha value is -3.73. The van der Waals surface area contributed by atoms with Gasteiger partial charge in [0.05, 0.1) is 0 Å². The van der Waals surface area contributed by atoms with Gasteiger partial charge in [0.2, 0.25) is 17.2 Å². The lowest BCUT2D eigenvalue weighted by Crippen LogP contribution is -2.62. The highest BCUT2D eigenvalue weighted by atomic mass is 16.2. The number of hydrogen-bond acceptors (Lipinski definition) is 4. The zero-order valence-electron chi connectivity index (χ0n) is 15.2. The van der Waals surface area contributed by atoms with Crippen molar-refractivity contribution in [1.82, 2.24) is 5.32 Å². The number of rotatable bonds is 4. The summed E-state index contributed by atoms with van der Waals surface area (Å²) in [5.41, 5.74) is 0.638. The van der Waals surface area contributed by atoms with Crippen LogP contribution in [0.25, 0.3) is 0 Å². The molecule has 3 aromatic carbocycles. The SMILES string of the molecule is Cc1ccc(C(=O)NC2(Nc3ccccc3)C(=O)c3ccccc3C2=O)cc1. The minimum atomic E-state index is -1.88. The summed E-state index contributed by atoms with van der Waals surface area (Å²) in [4.78, 5) is 39.4. The molecule has 0 saturated heterocycles. The van der Waals surface area contributed by atoms with Crippen LogP contribution in [0.3, 0.4) is 0 Å². The second-order valence-corrected chi connectivity index (χ2v) is 6.77. The Morgan fingerprint density at radius 2 is 1.29 bits per heavy atom. The van der Waals surface area contributed by atoms with Gasteiger partial charge in [0.1, 0.15) is 0 Å². The third-order valence-corrected chi connectivity index (χ3v) is 4.82. The van der Waals surface area contributed by atoms with Gasteiger partial charge in [-0.05, 0) is 31.2 Å². The molecule has 0 fully saturated rings. The van der Waals surface area contributed by atoms with Gasteiger partial charge in [-0.1, -0.05) is 60.2 Å². The highest BCUT2D eigenvalue weighted by molar-refractivity contribution is 6.35. The summed E-state index contributed by atoms with van der Waals surface area (Å²) in [7, 11) is 0. The van der Waals surface area contributed by atoms with E-state index in [1.54, 1.807) is 72.8 Å². The van der Waals surface area contributed by atoms with Crippen molar-refractivity contribution in [3.8, 4) is 0 Å². The molecule has 0 aliphatic heterocycles. The van der Waals surface area contributed by atoms with Crippen molar-refractivity contribution in [3.63, 3.8) is 0 Å². The molecule has 0 aromatic heterocycles. The van der Waals surface area contributed by atoms with Crippen molar-refractivity contribution >= 4 is 23.2 Å². The molecule has 2 N–H and O–H groups in total. The van der Waals surface area contributed by atoms with E-state index < -0.39 is 23.1 Å². The summed E-state index contributed by atoms with van der Waals surface area (Å²) in [6.07, 6.45) is 0. The largest absolute Gasteiger partial charge is 0.350 e. The van der Waals surface area contributed by atoms with Gasteiger partial charge in [-0.2, -0.15) is 0 Å². The Kier molecular flexibility index (Phi) is 4.28. The normalized spacial score (nSPS) is 14.5. The van der Waals surface area contributed by atoms with Gasteiger partial charge in [0, 0.05) is 22.4 Å². The van der Waals surface area contributed by atoms with Crippen LogP contribution in [-0.2, 0) is 0 Å². The quantitative estimate of drug-likeness (QED) is 0.543. The van der Waals surface area contributed by atoms with Gasteiger partial charge in [0.15, 0.2) is 0 Å². The van der Waals surface area contributed by atoms with Crippen LogP contribution in [0.5, 0.6) is 0 Å². The van der Waals surface area contributed by atoms with Gasteiger partial charge < -0.3 is 10.6 Å². The van der Waals surface area contributed by atoms with E-state index in [4.69, 9.17) is 0 Å². The van der Waals surface area contributed by atoms with E-state index in [1.165, 1.54) is 0 Å². The molecule has 1 aliphatic rings. The van der Waals surface area contributed by atoms with Crippen molar-refractivity contribution in [2.24, 2.45) is 0 Å². The van der Waals surface area contributed by atoms with E-state index in [0.29, 0.717) is 22.4 Å². The maximum Gasteiger partial charge on any atom is 0.253 e. The molecule has 1 aliphatic carbocycles. The molecule has 4 rings (SSSR count). The first-order valence-corrected chi connectivity index (χ1v) is 8.92. The van der Waals surface area contributed by atoms with Crippen LogP contribution in [0, 0.1) is 6.92 Å². The van der Waals surface area contributed by atoms with Crippen LogP contribution in [0.2, 0.25) is 0 Å². The standard InChI is InChI=1S/C23H18N2O3/c1-15-11-13-16(14-12-15)22(28)25-23(24-17-7-3-2-4-8-17)20(26)18-9-5-6-10-19(18)21(23)27/h2-14,24H,1H3,(H,25,28). The van der Waals surface area contributed by atoms with Crippen LogP contribution in [0.1, 0.15) is 36.6 Å². The summed E-state index contributed by atoms with van der Waals surface area (Å²) >= 11 is 0. The average molecular weight is 370 g/mol. The van der Waals surface area contributed by atoms with Crippen molar-refractivity contribution in [2.45, 2.75) is 12.6 Å². The van der Waals surface area contributed by atoms with Crippen molar-refractivity contribution in [3.05, 3.63) is 101 Å². The van der Waals surface area contributed by atoms with E-state index in [-0.39, 0.29) is 0 Å². The number of fused-ring (bicyclic) bond motifs is 1. The third kappa shape index (κ3) is 2.87. The van der Waals surface area contributed by atoms with Gasteiger partial charge in [0.25, 0.3) is 5.91 Å². The van der Waals surface area contributed by atoms with Gasteiger partial charge >= 0.3 is 0 Å². The molecular weight excluding hydrogens is 352 g/mol. The number of para-hydroxylation sites is 1. The highest BCUT2D eigenvalue weighted by Gasteiger charge is 2.54. The average Bonchev–Trinajstić information content (AvgIpc) is 2.92. The van der Waals surface area contributed by atoms with Gasteiger partial charge in [-0.3, -0.25) is 14.4 Å². The molecule has 0 unspecified atom stereocenters. The van der Waals surface area contributed by atoms with Crippen LogP contribution in [-0.4, -0.2) is 23.1 Å². The van der Waals surface area contributed by atoms with Gasteiger partial charge in [-0.25, -0.2) is 0 Å². The van der Waals surface area contributed by atoms with Crippen molar-refractivity contribution < 1.29 is 14.4 Å². The predicted octanol–water partition coefficient (Wildman–Crippen LogP) is 3.61. The number of Topliss-reactive ketones (excluding diaryl/α,β-unsaturated/α-hetero) is 2. The molecule has 5 heteroatoms. The molecule has 0 atom stereocenters. The molecule has 0 radical (unpaired) electrons. The first-order chi connectivity index (χ1) is 13.5. The van der Waals surface area contributed by atoms with E-state index >= 15 is 0 Å². The minimum absolute atomic E-state index is 0.292. The Morgan fingerprint density at radius 1 is 0.750 bits per heavy atom. The number of carbonyl (C=O) groups excluding carboxylic acids is 3. The molecule has 138 valence electrons. The zero-order valence-corrected chi connectivity index (χ0v) is 15.2. The minimum Gasteiger partial charge on any atom is -0.350 e. The topological polar surface area (TPSA) is 75.3 Å². The fourth-order valence-corrected chi connectivity index (χ4v) is 3.33. The molecule has 3 aromatic rings. The number of aryl methyl sites for hydroxylation is 1.